The molecule has 1 heterocycles. The van der Waals surface area contributed by atoms with E-state index in [4.69, 9.17) is 23.2 Å². The van der Waals surface area contributed by atoms with Gasteiger partial charge in [-0.2, -0.15) is 0 Å². The van der Waals surface area contributed by atoms with Crippen molar-refractivity contribution in [2.24, 2.45) is 0 Å². The van der Waals surface area contributed by atoms with Crippen molar-refractivity contribution in [1.82, 2.24) is 10.6 Å². The molecule has 1 amide bonds. The number of nitro groups is 1. The van der Waals surface area contributed by atoms with Gasteiger partial charge in [0.25, 0.3) is 11.6 Å². The molecule has 1 saturated heterocycles. The summed E-state index contributed by atoms with van der Waals surface area (Å²) in [4.78, 5) is 22.5. The van der Waals surface area contributed by atoms with Crippen LogP contribution < -0.4 is 10.6 Å². The quantitative estimate of drug-likeness (QED) is 0.658. The molecule has 2 N–H and O–H groups in total. The van der Waals surface area contributed by atoms with Crippen LogP contribution in [0.5, 0.6) is 0 Å². The average Bonchev–Trinajstić information content (AvgIpc) is 2.41. The van der Waals surface area contributed by atoms with E-state index in [1.165, 1.54) is 0 Å². The SMILES string of the molecule is CC1CC(NC(=O)c2cc([N+](=O)[O-])cc(Cl)c2Cl)CCN1. The molecule has 0 aliphatic carbocycles. The van der Waals surface area contributed by atoms with Crippen molar-refractivity contribution in [3.8, 4) is 0 Å². The number of nitrogens with one attached hydrogen (secondary N) is 2. The predicted molar refractivity (Wildman–Crippen MR) is 81.1 cm³/mol. The number of benzene rings is 1. The zero-order chi connectivity index (χ0) is 15.6. The van der Waals surface area contributed by atoms with E-state index in [2.05, 4.69) is 10.6 Å². The van der Waals surface area contributed by atoms with Crippen LogP contribution in [0.3, 0.4) is 0 Å². The van der Waals surface area contributed by atoms with Gasteiger partial charge in [0, 0.05) is 24.2 Å². The minimum absolute atomic E-state index is 0.00491. The summed E-state index contributed by atoms with van der Waals surface area (Å²) in [6.45, 7) is 2.85. The first-order chi connectivity index (χ1) is 9.88. The average molecular weight is 332 g/mol. The predicted octanol–water partition coefficient (Wildman–Crippen LogP) is 2.77. The lowest BCUT2D eigenvalue weighted by Crippen LogP contribution is -2.46. The summed E-state index contributed by atoms with van der Waals surface area (Å²) < 4.78 is 0. The van der Waals surface area contributed by atoms with E-state index >= 15 is 0 Å². The van der Waals surface area contributed by atoms with Crippen molar-refractivity contribution in [2.45, 2.75) is 31.8 Å². The molecule has 2 unspecified atom stereocenters. The van der Waals surface area contributed by atoms with Crippen molar-refractivity contribution >= 4 is 34.8 Å². The highest BCUT2D eigenvalue weighted by Gasteiger charge is 2.24. The van der Waals surface area contributed by atoms with Gasteiger partial charge in [-0.3, -0.25) is 14.9 Å². The first-order valence-electron chi connectivity index (χ1n) is 6.56. The van der Waals surface area contributed by atoms with Gasteiger partial charge in [-0.25, -0.2) is 0 Å². The number of carbonyl (C=O) groups excluding carboxylic acids is 1. The van der Waals surface area contributed by atoms with Gasteiger partial charge in [-0.15, -0.1) is 0 Å². The van der Waals surface area contributed by atoms with E-state index < -0.39 is 10.8 Å². The lowest BCUT2D eigenvalue weighted by molar-refractivity contribution is -0.384. The van der Waals surface area contributed by atoms with Gasteiger partial charge in [0.1, 0.15) is 0 Å². The Labute approximate surface area is 132 Å². The van der Waals surface area contributed by atoms with E-state index in [0.29, 0.717) is 6.04 Å². The summed E-state index contributed by atoms with van der Waals surface area (Å²) in [5.74, 6) is -0.440. The maximum absolute atomic E-state index is 12.3. The normalized spacial score (nSPS) is 21.9. The van der Waals surface area contributed by atoms with Crippen molar-refractivity contribution in [2.75, 3.05) is 6.54 Å². The van der Waals surface area contributed by atoms with Crippen molar-refractivity contribution < 1.29 is 9.72 Å². The Hall–Kier alpha value is -1.37. The molecule has 1 aliphatic heterocycles. The zero-order valence-corrected chi connectivity index (χ0v) is 12.9. The molecular formula is C13H15Cl2N3O3. The molecule has 8 heteroatoms. The Morgan fingerprint density at radius 3 is 2.81 bits per heavy atom. The highest BCUT2D eigenvalue weighted by Crippen LogP contribution is 2.31. The number of rotatable bonds is 3. The molecule has 0 radical (unpaired) electrons. The second-order valence-electron chi connectivity index (χ2n) is 5.10. The van der Waals surface area contributed by atoms with Crippen LogP contribution in [0.2, 0.25) is 10.0 Å². The third-order valence-corrected chi connectivity index (χ3v) is 4.23. The fraction of sp³-hybridized carbons (Fsp3) is 0.462. The standard InChI is InChI=1S/C13H15Cl2N3O3/c1-7-4-8(2-3-16-7)17-13(19)10-5-9(18(20)21)6-11(14)12(10)15/h5-8,16H,2-4H2,1H3,(H,17,19). The first kappa shape index (κ1) is 16.0. The number of nitrogens with zero attached hydrogens (tertiary/aromatic N) is 1. The van der Waals surface area contributed by atoms with Gasteiger partial charge < -0.3 is 10.6 Å². The molecule has 6 nitrogen and oxygen atoms in total. The second kappa shape index (κ2) is 6.60. The lowest BCUT2D eigenvalue weighted by atomic mass is 10.00. The Balaban J connectivity index is 2.20. The molecule has 1 aromatic rings. The number of hydrogen-bond acceptors (Lipinski definition) is 4. The maximum atomic E-state index is 12.3. The van der Waals surface area contributed by atoms with Gasteiger partial charge in [0.05, 0.1) is 20.5 Å². The number of nitro benzene ring substituents is 1. The van der Waals surface area contributed by atoms with Gasteiger partial charge in [-0.05, 0) is 26.3 Å². The zero-order valence-electron chi connectivity index (χ0n) is 11.4. The van der Waals surface area contributed by atoms with Crippen molar-refractivity contribution in [1.29, 1.82) is 0 Å². The smallest absolute Gasteiger partial charge is 0.271 e. The molecule has 114 valence electrons. The molecule has 0 bridgehead atoms. The highest BCUT2D eigenvalue weighted by molar-refractivity contribution is 6.44. The van der Waals surface area contributed by atoms with Crippen LogP contribution >= 0.6 is 23.2 Å². The molecule has 21 heavy (non-hydrogen) atoms. The molecule has 0 saturated carbocycles. The van der Waals surface area contributed by atoms with Gasteiger partial charge in [-0.1, -0.05) is 23.2 Å². The number of halogens is 2. The summed E-state index contributed by atoms with van der Waals surface area (Å²) in [5.41, 5.74) is -0.227. The van der Waals surface area contributed by atoms with Crippen LogP contribution in [0.15, 0.2) is 12.1 Å². The second-order valence-corrected chi connectivity index (χ2v) is 5.88. The van der Waals surface area contributed by atoms with Crippen LogP contribution in [0.1, 0.15) is 30.1 Å². The molecule has 1 fully saturated rings. The summed E-state index contributed by atoms with van der Waals surface area (Å²) in [5, 5.41) is 17.0. The van der Waals surface area contributed by atoms with Crippen LogP contribution in [0.25, 0.3) is 0 Å². The monoisotopic (exact) mass is 331 g/mol. The third-order valence-electron chi connectivity index (χ3n) is 3.43. The van der Waals surface area contributed by atoms with Crippen molar-refractivity contribution in [3.63, 3.8) is 0 Å². The van der Waals surface area contributed by atoms with E-state index in [1.54, 1.807) is 0 Å². The molecule has 0 aromatic heterocycles. The Kier molecular flexibility index (Phi) is 5.03. The topological polar surface area (TPSA) is 84.3 Å². The summed E-state index contributed by atoms with van der Waals surface area (Å²) in [6.07, 6.45) is 1.60. The van der Waals surface area contributed by atoms with Gasteiger partial charge in [0.15, 0.2) is 0 Å². The Morgan fingerprint density at radius 1 is 1.48 bits per heavy atom. The van der Waals surface area contributed by atoms with E-state index in [9.17, 15) is 14.9 Å². The van der Waals surface area contributed by atoms with Crippen LogP contribution in [0.4, 0.5) is 5.69 Å². The summed E-state index contributed by atoms with van der Waals surface area (Å²) in [7, 11) is 0. The van der Waals surface area contributed by atoms with E-state index in [1.807, 2.05) is 6.92 Å². The van der Waals surface area contributed by atoms with Gasteiger partial charge in [0.2, 0.25) is 0 Å². The molecule has 1 aromatic carbocycles. The molecule has 1 aliphatic rings. The maximum Gasteiger partial charge on any atom is 0.271 e. The molecule has 0 spiro atoms. The summed E-state index contributed by atoms with van der Waals surface area (Å²) >= 11 is 11.8. The third kappa shape index (κ3) is 3.84. The highest BCUT2D eigenvalue weighted by atomic mass is 35.5. The Bertz CT molecular complexity index is 580. The van der Waals surface area contributed by atoms with E-state index in [0.717, 1.165) is 31.5 Å². The molecular weight excluding hydrogens is 317 g/mol. The summed E-state index contributed by atoms with van der Waals surface area (Å²) in [6, 6.07) is 2.61. The minimum Gasteiger partial charge on any atom is -0.349 e. The first-order valence-corrected chi connectivity index (χ1v) is 7.31. The molecule has 2 atom stereocenters. The van der Waals surface area contributed by atoms with Gasteiger partial charge >= 0.3 is 0 Å². The van der Waals surface area contributed by atoms with Crippen LogP contribution in [-0.2, 0) is 0 Å². The lowest BCUT2D eigenvalue weighted by Gasteiger charge is -2.28. The fourth-order valence-corrected chi connectivity index (χ4v) is 2.78. The number of amides is 1. The van der Waals surface area contributed by atoms with Crippen molar-refractivity contribution in [3.05, 3.63) is 37.9 Å². The molecule has 2 rings (SSSR count). The minimum atomic E-state index is -0.606. The number of carbonyl (C=O) groups is 1. The van der Waals surface area contributed by atoms with E-state index in [-0.39, 0.29) is 27.3 Å². The Morgan fingerprint density at radius 2 is 2.19 bits per heavy atom. The van der Waals surface area contributed by atoms with Crippen LogP contribution in [0, 0.1) is 10.1 Å². The number of piperidine rings is 1. The number of hydrogen-bond donors (Lipinski definition) is 2. The fourth-order valence-electron chi connectivity index (χ4n) is 2.37. The number of non-ortho nitro benzene ring substituents is 1. The van der Waals surface area contributed by atoms with Crippen LogP contribution in [-0.4, -0.2) is 29.5 Å². The largest absolute Gasteiger partial charge is 0.349 e.